The number of nitrogens with zero attached hydrogens (tertiary/aromatic N) is 1. The molecule has 0 N–H and O–H groups in total. The Balaban J connectivity index is 2.50. The second-order valence-electron chi connectivity index (χ2n) is 4.60. The maximum atomic E-state index is 11.5. The minimum absolute atomic E-state index is 0.129. The molecule has 0 spiro atoms. The molecule has 0 aromatic carbocycles. The van der Waals surface area contributed by atoms with Crippen LogP contribution in [0, 0.1) is 0 Å². The van der Waals surface area contributed by atoms with Gasteiger partial charge in [-0.05, 0) is 40.8 Å². The number of hydrogen-bond acceptors (Lipinski definition) is 4. The van der Waals surface area contributed by atoms with E-state index in [1.54, 1.807) is 0 Å². The highest BCUT2D eigenvalue weighted by Gasteiger charge is 2.32. The molecule has 1 aliphatic rings. The molecule has 1 fully saturated rings. The molecule has 4 heteroatoms. The molecular weight excluding hydrogens is 206 g/mol. The number of carbonyl (C=O) groups is 1. The number of likely N-dealkylation sites (N-methyl/N-ethyl adjacent to an activating group) is 1. The molecule has 0 aliphatic carbocycles. The van der Waals surface area contributed by atoms with E-state index in [-0.39, 0.29) is 18.1 Å². The molecule has 3 atom stereocenters. The highest BCUT2D eigenvalue weighted by atomic mass is 16.5. The summed E-state index contributed by atoms with van der Waals surface area (Å²) in [5.41, 5.74) is 0. The van der Waals surface area contributed by atoms with Crippen LogP contribution in [0.4, 0.5) is 0 Å². The van der Waals surface area contributed by atoms with Crippen LogP contribution in [-0.2, 0) is 14.3 Å². The molecule has 1 rings (SSSR count). The second kappa shape index (κ2) is 6.21. The number of esters is 1. The molecule has 0 aromatic heterocycles. The molecule has 4 nitrogen and oxygen atoms in total. The molecule has 94 valence electrons. The Kier molecular flexibility index (Phi) is 5.22. The molecule has 1 heterocycles. The zero-order valence-corrected chi connectivity index (χ0v) is 10.7. The molecular formula is C12H23NO3. The first kappa shape index (κ1) is 13.5. The van der Waals surface area contributed by atoms with Crippen LogP contribution in [0.25, 0.3) is 0 Å². The lowest BCUT2D eigenvalue weighted by Crippen LogP contribution is -2.41. The van der Waals surface area contributed by atoms with Gasteiger partial charge in [-0.1, -0.05) is 0 Å². The fourth-order valence-electron chi connectivity index (χ4n) is 2.15. The van der Waals surface area contributed by atoms with E-state index in [0.717, 1.165) is 12.8 Å². The third-order valence-corrected chi connectivity index (χ3v) is 3.04. The van der Waals surface area contributed by atoms with Gasteiger partial charge in [-0.3, -0.25) is 4.79 Å². The van der Waals surface area contributed by atoms with Crippen molar-refractivity contribution in [3.8, 4) is 0 Å². The normalized spacial score (nSPS) is 27.1. The van der Waals surface area contributed by atoms with Crippen molar-refractivity contribution in [2.24, 2.45) is 0 Å². The highest BCUT2D eigenvalue weighted by molar-refractivity contribution is 5.70. The molecule has 0 amide bonds. The fourth-order valence-corrected chi connectivity index (χ4v) is 2.15. The summed E-state index contributed by atoms with van der Waals surface area (Å²) < 4.78 is 10.8. The van der Waals surface area contributed by atoms with E-state index in [9.17, 15) is 4.79 Å². The van der Waals surface area contributed by atoms with E-state index >= 15 is 0 Å². The molecule has 0 aromatic rings. The molecule has 0 radical (unpaired) electrons. The topological polar surface area (TPSA) is 38.8 Å². The molecule has 1 saturated heterocycles. The van der Waals surface area contributed by atoms with Gasteiger partial charge >= 0.3 is 5.97 Å². The van der Waals surface area contributed by atoms with E-state index in [1.165, 1.54) is 0 Å². The van der Waals surface area contributed by atoms with Gasteiger partial charge in [0.25, 0.3) is 0 Å². The van der Waals surface area contributed by atoms with Gasteiger partial charge in [0.2, 0.25) is 0 Å². The molecule has 0 bridgehead atoms. The zero-order chi connectivity index (χ0) is 12.1. The Morgan fingerprint density at radius 3 is 2.62 bits per heavy atom. The summed E-state index contributed by atoms with van der Waals surface area (Å²) in [5, 5.41) is 0. The largest absolute Gasteiger partial charge is 0.466 e. The van der Waals surface area contributed by atoms with Crippen LogP contribution in [0.15, 0.2) is 0 Å². The maximum absolute atomic E-state index is 11.5. The maximum Gasteiger partial charge on any atom is 0.307 e. The number of carbonyl (C=O) groups excluding carboxylic acids is 1. The van der Waals surface area contributed by atoms with Crippen LogP contribution in [0.1, 0.15) is 33.1 Å². The van der Waals surface area contributed by atoms with Gasteiger partial charge in [0, 0.05) is 6.04 Å². The van der Waals surface area contributed by atoms with Gasteiger partial charge in [0.15, 0.2) is 0 Å². The third kappa shape index (κ3) is 3.76. The SMILES string of the molecule is CCOC(=O)CC(C1CCC(C)O1)N(C)C. The van der Waals surface area contributed by atoms with E-state index < -0.39 is 0 Å². The van der Waals surface area contributed by atoms with Crippen molar-refractivity contribution in [1.82, 2.24) is 4.90 Å². The fraction of sp³-hybridized carbons (Fsp3) is 0.917. The smallest absolute Gasteiger partial charge is 0.307 e. The zero-order valence-electron chi connectivity index (χ0n) is 10.7. The summed E-state index contributed by atoms with van der Waals surface area (Å²) in [6.45, 7) is 4.36. The Morgan fingerprint density at radius 1 is 1.50 bits per heavy atom. The van der Waals surface area contributed by atoms with Crippen molar-refractivity contribution in [3.05, 3.63) is 0 Å². The van der Waals surface area contributed by atoms with Crippen LogP contribution in [0.5, 0.6) is 0 Å². The summed E-state index contributed by atoms with van der Waals surface area (Å²) in [7, 11) is 3.96. The van der Waals surface area contributed by atoms with Crippen LogP contribution < -0.4 is 0 Å². The van der Waals surface area contributed by atoms with Crippen molar-refractivity contribution < 1.29 is 14.3 Å². The van der Waals surface area contributed by atoms with E-state index in [1.807, 2.05) is 21.0 Å². The number of ether oxygens (including phenoxy) is 2. The van der Waals surface area contributed by atoms with Gasteiger partial charge in [-0.25, -0.2) is 0 Å². The Hall–Kier alpha value is -0.610. The summed E-state index contributed by atoms with van der Waals surface area (Å²) in [4.78, 5) is 13.5. The van der Waals surface area contributed by atoms with Gasteiger partial charge < -0.3 is 14.4 Å². The van der Waals surface area contributed by atoms with Gasteiger partial charge in [0.1, 0.15) is 0 Å². The van der Waals surface area contributed by atoms with Crippen molar-refractivity contribution in [1.29, 1.82) is 0 Å². The Labute approximate surface area is 97.9 Å². The summed E-state index contributed by atoms with van der Waals surface area (Å²) in [5.74, 6) is -0.135. The van der Waals surface area contributed by atoms with Crippen LogP contribution in [0.3, 0.4) is 0 Å². The summed E-state index contributed by atoms with van der Waals surface area (Å²) in [6.07, 6.45) is 3.00. The van der Waals surface area contributed by atoms with Gasteiger partial charge in [-0.15, -0.1) is 0 Å². The average Bonchev–Trinajstić information content (AvgIpc) is 2.61. The number of rotatable bonds is 5. The predicted molar refractivity (Wildman–Crippen MR) is 62.3 cm³/mol. The van der Waals surface area contributed by atoms with Gasteiger partial charge in [-0.2, -0.15) is 0 Å². The molecule has 16 heavy (non-hydrogen) atoms. The standard InChI is InChI=1S/C12H23NO3/c1-5-15-12(14)8-10(13(3)4)11-7-6-9(2)16-11/h9-11H,5-8H2,1-4H3. The van der Waals surface area contributed by atoms with E-state index in [0.29, 0.717) is 19.1 Å². The number of hydrogen-bond donors (Lipinski definition) is 0. The van der Waals surface area contributed by atoms with Crippen molar-refractivity contribution in [3.63, 3.8) is 0 Å². The van der Waals surface area contributed by atoms with Gasteiger partial charge in [0.05, 0.1) is 25.2 Å². The first-order valence-electron chi connectivity index (χ1n) is 6.02. The minimum Gasteiger partial charge on any atom is -0.466 e. The predicted octanol–water partition coefficient (Wildman–Crippen LogP) is 1.44. The van der Waals surface area contributed by atoms with Crippen molar-refractivity contribution >= 4 is 5.97 Å². The Bertz CT molecular complexity index is 230. The molecule has 1 aliphatic heterocycles. The monoisotopic (exact) mass is 229 g/mol. The average molecular weight is 229 g/mol. The minimum atomic E-state index is -0.135. The lowest BCUT2D eigenvalue weighted by Gasteiger charge is -2.28. The molecule has 3 unspecified atom stereocenters. The second-order valence-corrected chi connectivity index (χ2v) is 4.60. The lowest BCUT2D eigenvalue weighted by atomic mass is 10.0. The van der Waals surface area contributed by atoms with Crippen LogP contribution >= 0.6 is 0 Å². The van der Waals surface area contributed by atoms with Crippen molar-refractivity contribution in [2.75, 3.05) is 20.7 Å². The lowest BCUT2D eigenvalue weighted by molar-refractivity contribution is -0.145. The van der Waals surface area contributed by atoms with E-state index in [4.69, 9.17) is 9.47 Å². The third-order valence-electron chi connectivity index (χ3n) is 3.04. The highest BCUT2D eigenvalue weighted by Crippen LogP contribution is 2.25. The molecule has 0 saturated carbocycles. The van der Waals surface area contributed by atoms with Crippen molar-refractivity contribution in [2.45, 2.75) is 51.4 Å². The quantitative estimate of drug-likeness (QED) is 0.669. The van der Waals surface area contributed by atoms with Crippen LogP contribution in [0.2, 0.25) is 0 Å². The van der Waals surface area contributed by atoms with E-state index in [2.05, 4.69) is 11.8 Å². The summed E-state index contributed by atoms with van der Waals surface area (Å²) in [6, 6.07) is 0.129. The first-order valence-corrected chi connectivity index (χ1v) is 6.02. The van der Waals surface area contributed by atoms with Crippen LogP contribution in [-0.4, -0.2) is 49.8 Å². The summed E-state index contributed by atoms with van der Waals surface area (Å²) >= 11 is 0. The Morgan fingerprint density at radius 2 is 2.19 bits per heavy atom. The first-order chi connectivity index (χ1) is 7.54.